The van der Waals surface area contributed by atoms with Gasteiger partial charge in [0, 0.05) is 19.1 Å². The van der Waals surface area contributed by atoms with Crippen molar-refractivity contribution < 1.29 is 9.42 Å². The van der Waals surface area contributed by atoms with E-state index < -0.39 is 0 Å². The molecule has 2 heterocycles. The zero-order chi connectivity index (χ0) is 13.1. The Morgan fingerprint density at radius 2 is 2.28 bits per heavy atom. The van der Waals surface area contributed by atoms with Crippen LogP contribution in [0.4, 0.5) is 5.82 Å². The Bertz CT molecular complexity index is 419. The van der Waals surface area contributed by atoms with Gasteiger partial charge in [0.15, 0.2) is 0 Å². The average molecular weight is 253 g/mol. The highest BCUT2D eigenvalue weighted by atomic mass is 16.6. The predicted molar refractivity (Wildman–Crippen MR) is 65.9 cm³/mol. The fourth-order valence-corrected chi connectivity index (χ4v) is 2.34. The van der Waals surface area contributed by atoms with Gasteiger partial charge in [0.05, 0.1) is 0 Å². The Morgan fingerprint density at radius 3 is 2.89 bits per heavy atom. The molecule has 0 saturated carbocycles. The van der Waals surface area contributed by atoms with Crippen molar-refractivity contribution >= 4 is 11.7 Å². The number of rotatable bonds is 2. The van der Waals surface area contributed by atoms with E-state index in [0.29, 0.717) is 6.54 Å². The molecule has 0 aromatic carbocycles. The molecule has 1 atom stereocenters. The van der Waals surface area contributed by atoms with E-state index in [-0.39, 0.29) is 23.5 Å². The van der Waals surface area contributed by atoms with Crippen LogP contribution >= 0.6 is 0 Å². The third kappa shape index (κ3) is 2.45. The lowest BCUT2D eigenvalue weighted by molar-refractivity contribution is 0.0665. The van der Waals surface area contributed by atoms with Gasteiger partial charge >= 0.3 is 0 Å². The summed E-state index contributed by atoms with van der Waals surface area (Å²) >= 11 is 0. The van der Waals surface area contributed by atoms with Gasteiger partial charge in [-0.1, -0.05) is 6.92 Å². The molecule has 2 rings (SSSR count). The molecular formula is C11H19N5O2. The molecule has 1 aliphatic rings. The van der Waals surface area contributed by atoms with Crippen LogP contribution in [0.1, 0.15) is 30.3 Å². The summed E-state index contributed by atoms with van der Waals surface area (Å²) in [5.41, 5.74) is 5.70. The normalized spacial score (nSPS) is 21.9. The van der Waals surface area contributed by atoms with Gasteiger partial charge in [0.2, 0.25) is 11.5 Å². The molecule has 0 aliphatic carbocycles. The Hall–Kier alpha value is -1.63. The summed E-state index contributed by atoms with van der Waals surface area (Å²) in [6.07, 6.45) is 1.85. The van der Waals surface area contributed by atoms with Crippen molar-refractivity contribution in [3.05, 3.63) is 5.69 Å². The number of aromatic nitrogens is 2. The topological polar surface area (TPSA) is 88.5 Å². The summed E-state index contributed by atoms with van der Waals surface area (Å²) in [6, 6.07) is 0.182. The van der Waals surface area contributed by atoms with Gasteiger partial charge in [-0.2, -0.15) is 0 Å². The molecule has 1 amide bonds. The summed E-state index contributed by atoms with van der Waals surface area (Å²) in [7, 11) is 2.07. The highest BCUT2D eigenvalue weighted by Gasteiger charge is 2.30. The molecule has 0 bridgehead atoms. The maximum atomic E-state index is 12.4. The molecule has 7 heteroatoms. The quantitative estimate of drug-likeness (QED) is 0.810. The van der Waals surface area contributed by atoms with Gasteiger partial charge in [0.25, 0.3) is 5.91 Å². The summed E-state index contributed by atoms with van der Waals surface area (Å²) in [5.74, 6) is -0.122. The minimum atomic E-state index is -0.184. The molecule has 1 unspecified atom stereocenters. The van der Waals surface area contributed by atoms with Gasteiger partial charge < -0.3 is 15.5 Å². The third-order valence-electron chi connectivity index (χ3n) is 3.35. The van der Waals surface area contributed by atoms with Crippen LogP contribution in [0.15, 0.2) is 4.63 Å². The van der Waals surface area contributed by atoms with Crippen molar-refractivity contribution in [2.75, 3.05) is 32.4 Å². The van der Waals surface area contributed by atoms with E-state index >= 15 is 0 Å². The largest absolute Gasteiger partial charge is 0.379 e. The molecule has 1 saturated heterocycles. The maximum Gasteiger partial charge on any atom is 0.280 e. The number of likely N-dealkylation sites (N-methyl/N-ethyl adjacent to an activating group) is 1. The number of anilines is 1. The van der Waals surface area contributed by atoms with Crippen molar-refractivity contribution in [1.82, 2.24) is 20.1 Å². The first-order chi connectivity index (χ1) is 8.63. The number of hydrogen-bond donors (Lipinski definition) is 1. The minimum absolute atomic E-state index is 0.0625. The predicted octanol–water partition coefficient (Wildman–Crippen LogP) is 0.208. The first kappa shape index (κ1) is 12.8. The molecule has 1 aromatic heterocycles. The Balaban J connectivity index is 2.19. The molecule has 1 fully saturated rings. The molecule has 2 N–H and O–H groups in total. The second-order valence-electron chi connectivity index (χ2n) is 4.67. The van der Waals surface area contributed by atoms with E-state index in [1.165, 1.54) is 0 Å². The zero-order valence-corrected chi connectivity index (χ0v) is 10.8. The number of hydrogen-bond acceptors (Lipinski definition) is 6. The number of carbonyl (C=O) groups is 1. The first-order valence-electron chi connectivity index (χ1n) is 6.21. The third-order valence-corrected chi connectivity index (χ3v) is 3.35. The van der Waals surface area contributed by atoms with Crippen LogP contribution in [0.3, 0.4) is 0 Å². The van der Waals surface area contributed by atoms with E-state index in [0.717, 1.165) is 25.9 Å². The molecule has 1 aromatic rings. The monoisotopic (exact) mass is 253 g/mol. The molecule has 1 aliphatic heterocycles. The zero-order valence-electron chi connectivity index (χ0n) is 10.8. The summed E-state index contributed by atoms with van der Waals surface area (Å²) in [5, 5.41) is 7.05. The van der Waals surface area contributed by atoms with Gasteiger partial charge in [-0.05, 0) is 36.7 Å². The van der Waals surface area contributed by atoms with Crippen molar-refractivity contribution in [2.45, 2.75) is 25.8 Å². The Kier molecular flexibility index (Phi) is 3.81. The molecular weight excluding hydrogens is 234 g/mol. The number of nitrogens with two attached hydrogens (primary N) is 1. The van der Waals surface area contributed by atoms with Gasteiger partial charge in [0.1, 0.15) is 0 Å². The van der Waals surface area contributed by atoms with Crippen molar-refractivity contribution in [3.63, 3.8) is 0 Å². The summed E-state index contributed by atoms with van der Waals surface area (Å²) in [6.45, 7) is 4.66. The second kappa shape index (κ2) is 5.34. The summed E-state index contributed by atoms with van der Waals surface area (Å²) < 4.78 is 4.50. The number of nitrogen functional groups attached to an aromatic ring is 1. The van der Waals surface area contributed by atoms with Crippen molar-refractivity contribution in [1.29, 1.82) is 0 Å². The van der Waals surface area contributed by atoms with Gasteiger partial charge in [-0.25, -0.2) is 4.63 Å². The lowest BCUT2D eigenvalue weighted by Gasteiger charge is -2.29. The number of nitrogens with zero attached hydrogens (tertiary/aromatic N) is 4. The Morgan fingerprint density at radius 1 is 1.50 bits per heavy atom. The highest BCUT2D eigenvalue weighted by molar-refractivity contribution is 5.96. The van der Waals surface area contributed by atoms with Crippen LogP contribution in [-0.4, -0.2) is 58.7 Å². The number of amides is 1. The molecule has 0 radical (unpaired) electrons. The number of carbonyl (C=O) groups excluding carboxylic acids is 1. The maximum absolute atomic E-state index is 12.4. The van der Waals surface area contributed by atoms with Crippen molar-refractivity contribution in [2.24, 2.45) is 0 Å². The van der Waals surface area contributed by atoms with E-state index in [1.807, 2.05) is 4.90 Å². The minimum Gasteiger partial charge on any atom is -0.379 e. The van der Waals surface area contributed by atoms with Crippen LogP contribution in [0.5, 0.6) is 0 Å². The van der Waals surface area contributed by atoms with Crippen LogP contribution in [0.25, 0.3) is 0 Å². The lowest BCUT2D eigenvalue weighted by Crippen LogP contribution is -2.43. The molecule has 100 valence electrons. The van der Waals surface area contributed by atoms with Gasteiger partial charge in [-0.15, -0.1) is 0 Å². The van der Waals surface area contributed by atoms with E-state index in [9.17, 15) is 4.79 Å². The standard InChI is InChI=1S/C11H19N5O2/c1-3-8-7-15(2)5-4-6-16(8)11(17)9-10(12)14-18-13-9/h8H,3-7H2,1-2H3,(H2,12,14). The van der Waals surface area contributed by atoms with Crippen LogP contribution in [0.2, 0.25) is 0 Å². The lowest BCUT2D eigenvalue weighted by atomic mass is 10.1. The van der Waals surface area contributed by atoms with Crippen LogP contribution in [0, 0.1) is 0 Å². The fraction of sp³-hybridized carbons (Fsp3) is 0.727. The van der Waals surface area contributed by atoms with E-state index in [4.69, 9.17) is 5.73 Å². The van der Waals surface area contributed by atoms with Gasteiger partial charge in [-0.3, -0.25) is 4.79 Å². The molecule has 7 nitrogen and oxygen atoms in total. The average Bonchev–Trinajstić information content (AvgIpc) is 2.68. The van der Waals surface area contributed by atoms with E-state index in [1.54, 1.807) is 0 Å². The molecule has 18 heavy (non-hydrogen) atoms. The van der Waals surface area contributed by atoms with Crippen LogP contribution < -0.4 is 5.73 Å². The van der Waals surface area contributed by atoms with E-state index in [2.05, 4.69) is 33.8 Å². The Labute approximate surface area is 106 Å². The SMILES string of the molecule is CCC1CN(C)CCCN1C(=O)c1nonc1N. The molecule has 0 spiro atoms. The first-order valence-corrected chi connectivity index (χ1v) is 6.21. The van der Waals surface area contributed by atoms with Crippen LogP contribution in [-0.2, 0) is 0 Å². The summed E-state index contributed by atoms with van der Waals surface area (Å²) in [4.78, 5) is 16.4. The second-order valence-corrected chi connectivity index (χ2v) is 4.67. The fourth-order valence-electron chi connectivity index (χ4n) is 2.34. The smallest absolute Gasteiger partial charge is 0.280 e. The highest BCUT2D eigenvalue weighted by Crippen LogP contribution is 2.17. The van der Waals surface area contributed by atoms with Crippen molar-refractivity contribution in [3.8, 4) is 0 Å².